The molecular weight excluding hydrogens is 174 g/mol. The van der Waals surface area contributed by atoms with Crippen molar-refractivity contribution in [2.75, 3.05) is 26.2 Å². The molecule has 0 atom stereocenters. The zero-order chi connectivity index (χ0) is 10.6. The number of nitrogens with two attached hydrogens (primary N) is 1. The minimum Gasteiger partial charge on any atom is -0.329 e. The highest BCUT2D eigenvalue weighted by Crippen LogP contribution is 2.22. The van der Waals surface area contributed by atoms with Gasteiger partial charge in [0.2, 0.25) is 0 Å². The Balaban J connectivity index is 2.46. The van der Waals surface area contributed by atoms with Gasteiger partial charge in [-0.15, -0.1) is 0 Å². The third-order valence-electron chi connectivity index (χ3n) is 3.43. The summed E-state index contributed by atoms with van der Waals surface area (Å²) in [6, 6.07) is 0.674. The van der Waals surface area contributed by atoms with Crippen LogP contribution in [-0.2, 0) is 0 Å². The molecule has 0 unspecified atom stereocenters. The summed E-state index contributed by atoms with van der Waals surface area (Å²) in [5, 5.41) is 3.56. The van der Waals surface area contributed by atoms with Crippen LogP contribution in [0.1, 0.15) is 33.6 Å². The molecule has 3 heteroatoms. The summed E-state index contributed by atoms with van der Waals surface area (Å²) >= 11 is 0. The first kappa shape index (κ1) is 12.0. The molecule has 0 radical (unpaired) electrons. The zero-order valence-corrected chi connectivity index (χ0v) is 9.84. The van der Waals surface area contributed by atoms with Gasteiger partial charge in [-0.2, -0.15) is 0 Å². The molecule has 0 saturated carbocycles. The molecule has 1 fully saturated rings. The van der Waals surface area contributed by atoms with E-state index >= 15 is 0 Å². The highest BCUT2D eigenvalue weighted by atomic mass is 15.2. The van der Waals surface area contributed by atoms with E-state index in [4.69, 9.17) is 5.73 Å². The van der Waals surface area contributed by atoms with Gasteiger partial charge in [0.05, 0.1) is 0 Å². The average molecular weight is 199 g/mol. The van der Waals surface area contributed by atoms with E-state index in [0.29, 0.717) is 6.04 Å². The first-order chi connectivity index (χ1) is 6.63. The smallest absolute Gasteiger partial charge is 0.0328 e. The van der Waals surface area contributed by atoms with Gasteiger partial charge >= 0.3 is 0 Å². The summed E-state index contributed by atoms with van der Waals surface area (Å²) in [6.45, 7) is 10.9. The van der Waals surface area contributed by atoms with Gasteiger partial charge in [0, 0.05) is 31.2 Å². The number of likely N-dealkylation sites (N-methyl/N-ethyl adjacent to an activating group) is 1. The van der Waals surface area contributed by atoms with E-state index in [-0.39, 0.29) is 5.54 Å². The highest BCUT2D eigenvalue weighted by Gasteiger charge is 2.32. The topological polar surface area (TPSA) is 41.3 Å². The van der Waals surface area contributed by atoms with Gasteiger partial charge in [-0.25, -0.2) is 0 Å². The van der Waals surface area contributed by atoms with E-state index in [1.165, 1.54) is 25.9 Å². The Hall–Kier alpha value is -0.120. The van der Waals surface area contributed by atoms with Crippen LogP contribution in [-0.4, -0.2) is 42.7 Å². The van der Waals surface area contributed by atoms with E-state index in [1.807, 2.05) is 0 Å². The number of hydrogen-bond donors (Lipinski definition) is 2. The summed E-state index contributed by atoms with van der Waals surface area (Å²) in [6.07, 6.45) is 2.38. The highest BCUT2D eigenvalue weighted by molar-refractivity contribution is 4.94. The molecule has 1 aliphatic heterocycles. The number of nitrogens with one attached hydrogen (secondary N) is 1. The minimum atomic E-state index is 0.222. The van der Waals surface area contributed by atoms with Crippen molar-refractivity contribution in [2.24, 2.45) is 5.73 Å². The van der Waals surface area contributed by atoms with E-state index in [2.05, 4.69) is 31.0 Å². The third-order valence-corrected chi connectivity index (χ3v) is 3.43. The molecule has 84 valence electrons. The van der Waals surface area contributed by atoms with Crippen LogP contribution >= 0.6 is 0 Å². The van der Waals surface area contributed by atoms with Crippen LogP contribution in [0.2, 0.25) is 0 Å². The largest absolute Gasteiger partial charge is 0.329 e. The molecule has 14 heavy (non-hydrogen) atoms. The normalized spacial score (nSPS) is 22.9. The van der Waals surface area contributed by atoms with Crippen molar-refractivity contribution < 1.29 is 0 Å². The van der Waals surface area contributed by atoms with Crippen LogP contribution < -0.4 is 11.1 Å². The van der Waals surface area contributed by atoms with Crippen molar-refractivity contribution in [1.29, 1.82) is 0 Å². The maximum absolute atomic E-state index is 5.86. The van der Waals surface area contributed by atoms with Gasteiger partial charge in [-0.05, 0) is 33.2 Å². The van der Waals surface area contributed by atoms with Crippen LogP contribution in [0.25, 0.3) is 0 Å². The molecule has 3 N–H and O–H groups in total. The molecule has 3 nitrogen and oxygen atoms in total. The molecule has 1 saturated heterocycles. The molecule has 1 aliphatic rings. The van der Waals surface area contributed by atoms with Gasteiger partial charge in [0.1, 0.15) is 0 Å². The number of hydrogen-bond acceptors (Lipinski definition) is 3. The van der Waals surface area contributed by atoms with Crippen molar-refractivity contribution in [1.82, 2.24) is 10.2 Å². The van der Waals surface area contributed by atoms with Gasteiger partial charge in [0.15, 0.2) is 0 Å². The standard InChI is InChI=1S/C11H25N3/c1-4-13-11(9-12)5-7-14(8-6-11)10(2)3/h10,13H,4-9,12H2,1-3H3. The van der Waals surface area contributed by atoms with E-state index < -0.39 is 0 Å². The summed E-state index contributed by atoms with van der Waals surface area (Å²) in [5.41, 5.74) is 6.09. The van der Waals surface area contributed by atoms with Crippen LogP contribution in [0.4, 0.5) is 0 Å². The third kappa shape index (κ3) is 2.69. The number of piperidine rings is 1. The van der Waals surface area contributed by atoms with Crippen LogP contribution in [0.3, 0.4) is 0 Å². The van der Waals surface area contributed by atoms with Crippen molar-refractivity contribution >= 4 is 0 Å². The van der Waals surface area contributed by atoms with Crippen LogP contribution in [0.5, 0.6) is 0 Å². The molecule has 0 aromatic heterocycles. The SMILES string of the molecule is CCNC1(CN)CCN(C(C)C)CC1. The van der Waals surface area contributed by atoms with Crippen LogP contribution in [0.15, 0.2) is 0 Å². The number of nitrogens with zero attached hydrogens (tertiary/aromatic N) is 1. The van der Waals surface area contributed by atoms with Crippen LogP contribution in [0, 0.1) is 0 Å². The quantitative estimate of drug-likeness (QED) is 0.703. The predicted octanol–water partition coefficient (Wildman–Crippen LogP) is 0.798. The fraction of sp³-hybridized carbons (Fsp3) is 1.00. The van der Waals surface area contributed by atoms with Gasteiger partial charge in [0.25, 0.3) is 0 Å². The second-order valence-electron chi connectivity index (χ2n) is 4.64. The number of likely N-dealkylation sites (tertiary alicyclic amines) is 1. The summed E-state index contributed by atoms with van der Waals surface area (Å²) in [4.78, 5) is 2.53. The average Bonchev–Trinajstić information content (AvgIpc) is 2.19. The fourth-order valence-corrected chi connectivity index (χ4v) is 2.30. The van der Waals surface area contributed by atoms with Crippen molar-refractivity contribution in [3.8, 4) is 0 Å². The van der Waals surface area contributed by atoms with E-state index in [0.717, 1.165) is 13.1 Å². The lowest BCUT2D eigenvalue weighted by molar-refractivity contribution is 0.115. The molecule has 1 heterocycles. The molecule has 0 aliphatic carbocycles. The van der Waals surface area contributed by atoms with E-state index in [9.17, 15) is 0 Å². The fourth-order valence-electron chi connectivity index (χ4n) is 2.30. The molecule has 0 bridgehead atoms. The maximum Gasteiger partial charge on any atom is 0.0328 e. The molecule has 0 spiro atoms. The Morgan fingerprint density at radius 3 is 2.29 bits per heavy atom. The summed E-state index contributed by atoms with van der Waals surface area (Å²) in [7, 11) is 0. The van der Waals surface area contributed by atoms with Crippen molar-refractivity contribution in [2.45, 2.75) is 45.2 Å². The first-order valence-electron chi connectivity index (χ1n) is 5.82. The van der Waals surface area contributed by atoms with Gasteiger partial charge in [-0.3, -0.25) is 0 Å². The molecule has 0 aromatic rings. The minimum absolute atomic E-state index is 0.222. The first-order valence-corrected chi connectivity index (χ1v) is 5.82. The Morgan fingerprint density at radius 2 is 1.93 bits per heavy atom. The Bertz CT molecular complexity index is 160. The lowest BCUT2D eigenvalue weighted by Crippen LogP contribution is -2.58. The maximum atomic E-state index is 5.86. The monoisotopic (exact) mass is 199 g/mol. The van der Waals surface area contributed by atoms with E-state index in [1.54, 1.807) is 0 Å². The second kappa shape index (κ2) is 5.10. The summed E-state index contributed by atoms with van der Waals surface area (Å²) < 4.78 is 0. The Morgan fingerprint density at radius 1 is 1.36 bits per heavy atom. The molecule has 0 aromatic carbocycles. The summed E-state index contributed by atoms with van der Waals surface area (Å²) in [5.74, 6) is 0. The van der Waals surface area contributed by atoms with Crippen molar-refractivity contribution in [3.63, 3.8) is 0 Å². The van der Waals surface area contributed by atoms with Crippen molar-refractivity contribution in [3.05, 3.63) is 0 Å². The molecule has 0 amide bonds. The Kier molecular flexibility index (Phi) is 4.35. The van der Waals surface area contributed by atoms with Gasteiger partial charge < -0.3 is 16.0 Å². The predicted molar refractivity (Wildman–Crippen MR) is 61.4 cm³/mol. The number of rotatable bonds is 4. The Labute approximate surface area is 88.0 Å². The molecule has 1 rings (SSSR count). The lowest BCUT2D eigenvalue weighted by Gasteiger charge is -2.43. The van der Waals surface area contributed by atoms with Gasteiger partial charge in [-0.1, -0.05) is 6.92 Å². The molecular formula is C11H25N3. The zero-order valence-electron chi connectivity index (χ0n) is 9.84. The second-order valence-corrected chi connectivity index (χ2v) is 4.64. The lowest BCUT2D eigenvalue weighted by atomic mass is 9.87.